The van der Waals surface area contributed by atoms with Crippen LogP contribution in [0.3, 0.4) is 0 Å². The zero-order chi connectivity index (χ0) is 14.3. The second-order valence-corrected chi connectivity index (χ2v) is 4.01. The van der Waals surface area contributed by atoms with Crippen molar-refractivity contribution in [2.24, 2.45) is 0 Å². The summed E-state index contributed by atoms with van der Waals surface area (Å²) in [4.78, 5) is 32.6. The standard InChI is InChI=1S/C13H15NO5.2Na/c15-11(8-9-4-2-1-3-5-9)14-10(13(18)19)6-7-12(16)17;;/h1-5,10H,6-8H2,(H,14,15)(H,16,17)(H,18,19);;/q;2*+1/p-2/t10-;;/m0../s1. The molecule has 0 saturated carbocycles. The van der Waals surface area contributed by atoms with E-state index in [0.29, 0.717) is 0 Å². The van der Waals surface area contributed by atoms with E-state index in [-0.39, 0.29) is 72.0 Å². The van der Waals surface area contributed by atoms with Gasteiger partial charge in [-0.15, -0.1) is 0 Å². The first-order valence-corrected chi connectivity index (χ1v) is 5.73. The van der Waals surface area contributed by atoms with Crippen molar-refractivity contribution in [1.29, 1.82) is 0 Å². The van der Waals surface area contributed by atoms with Gasteiger partial charge in [0.1, 0.15) is 0 Å². The van der Waals surface area contributed by atoms with E-state index in [0.717, 1.165) is 5.56 Å². The van der Waals surface area contributed by atoms with Crippen LogP contribution in [0.15, 0.2) is 30.3 Å². The largest absolute Gasteiger partial charge is 1.00 e. The molecule has 1 amide bonds. The topological polar surface area (TPSA) is 109 Å². The summed E-state index contributed by atoms with van der Waals surface area (Å²) in [5.41, 5.74) is 0.733. The maximum atomic E-state index is 11.6. The van der Waals surface area contributed by atoms with E-state index in [9.17, 15) is 24.6 Å². The van der Waals surface area contributed by atoms with Crippen molar-refractivity contribution in [2.75, 3.05) is 0 Å². The summed E-state index contributed by atoms with van der Waals surface area (Å²) in [7, 11) is 0. The number of carbonyl (C=O) groups is 3. The molecule has 0 bridgehead atoms. The number of carboxylic acids is 2. The SMILES string of the molecule is O=C([O-])CC[C@H](NC(=O)Cc1ccccc1)C(=O)[O-].[Na+].[Na+]. The monoisotopic (exact) mass is 309 g/mol. The average Bonchev–Trinajstić information content (AvgIpc) is 2.35. The van der Waals surface area contributed by atoms with Crippen LogP contribution in [0.2, 0.25) is 0 Å². The molecule has 6 nitrogen and oxygen atoms in total. The van der Waals surface area contributed by atoms with E-state index in [1.54, 1.807) is 30.3 Å². The van der Waals surface area contributed by atoms with E-state index in [2.05, 4.69) is 5.32 Å². The number of hydrogen-bond acceptors (Lipinski definition) is 5. The minimum absolute atomic E-state index is 0. The number of benzene rings is 1. The van der Waals surface area contributed by atoms with Crippen LogP contribution in [0.4, 0.5) is 0 Å². The van der Waals surface area contributed by atoms with Crippen molar-refractivity contribution in [3.63, 3.8) is 0 Å². The van der Waals surface area contributed by atoms with E-state index in [4.69, 9.17) is 0 Å². The van der Waals surface area contributed by atoms with Crippen molar-refractivity contribution in [2.45, 2.75) is 25.3 Å². The van der Waals surface area contributed by atoms with Gasteiger partial charge in [-0.2, -0.15) is 0 Å². The fourth-order valence-corrected chi connectivity index (χ4v) is 1.54. The van der Waals surface area contributed by atoms with Gasteiger partial charge >= 0.3 is 59.1 Å². The first-order chi connectivity index (χ1) is 8.99. The summed E-state index contributed by atoms with van der Waals surface area (Å²) >= 11 is 0. The fraction of sp³-hybridized carbons (Fsp3) is 0.308. The van der Waals surface area contributed by atoms with Crippen LogP contribution in [0.25, 0.3) is 0 Å². The second kappa shape index (κ2) is 12.2. The molecule has 102 valence electrons. The molecule has 0 unspecified atom stereocenters. The molecule has 0 aliphatic rings. The summed E-state index contributed by atoms with van der Waals surface area (Å²) < 4.78 is 0. The van der Waals surface area contributed by atoms with Crippen molar-refractivity contribution < 1.29 is 83.7 Å². The molecule has 0 aromatic heterocycles. The molecule has 0 aliphatic heterocycles. The fourth-order valence-electron chi connectivity index (χ4n) is 1.54. The normalized spacial score (nSPS) is 10.5. The predicted molar refractivity (Wildman–Crippen MR) is 61.3 cm³/mol. The Morgan fingerprint density at radius 2 is 1.62 bits per heavy atom. The van der Waals surface area contributed by atoms with Crippen LogP contribution >= 0.6 is 0 Å². The van der Waals surface area contributed by atoms with Gasteiger partial charge in [0.25, 0.3) is 0 Å². The number of aliphatic carboxylic acids is 2. The third kappa shape index (κ3) is 10.1. The molecule has 1 aromatic rings. The summed E-state index contributed by atoms with van der Waals surface area (Å²) in [6.45, 7) is 0. The molecule has 0 spiro atoms. The first kappa shape index (κ1) is 22.9. The number of carbonyl (C=O) groups excluding carboxylic acids is 3. The zero-order valence-electron chi connectivity index (χ0n) is 12.1. The Hall–Kier alpha value is -0.370. The Morgan fingerprint density at radius 3 is 2.10 bits per heavy atom. The Balaban J connectivity index is 0. The van der Waals surface area contributed by atoms with Crippen molar-refractivity contribution in [1.82, 2.24) is 5.32 Å². The van der Waals surface area contributed by atoms with Gasteiger partial charge in [0.2, 0.25) is 5.91 Å². The van der Waals surface area contributed by atoms with Gasteiger partial charge in [-0.3, -0.25) is 4.79 Å². The molecule has 0 radical (unpaired) electrons. The van der Waals surface area contributed by atoms with Gasteiger partial charge in [0.05, 0.1) is 18.4 Å². The summed E-state index contributed by atoms with van der Waals surface area (Å²) in [6.07, 6.45) is -0.689. The number of nitrogens with one attached hydrogen (secondary N) is 1. The number of amides is 1. The van der Waals surface area contributed by atoms with Gasteiger partial charge in [-0.05, 0) is 18.4 Å². The van der Waals surface area contributed by atoms with Crippen molar-refractivity contribution in [3.8, 4) is 0 Å². The average molecular weight is 309 g/mol. The third-order valence-electron chi connectivity index (χ3n) is 2.46. The summed E-state index contributed by atoms with van der Waals surface area (Å²) in [5, 5.41) is 23.3. The minimum Gasteiger partial charge on any atom is -0.550 e. The Kier molecular flexibility index (Phi) is 13.3. The number of carboxylic acid groups (broad SMARTS) is 2. The van der Waals surface area contributed by atoms with Gasteiger partial charge in [0, 0.05) is 5.97 Å². The first-order valence-electron chi connectivity index (χ1n) is 5.73. The molecule has 1 atom stereocenters. The smallest absolute Gasteiger partial charge is 0.550 e. The molecule has 8 heteroatoms. The van der Waals surface area contributed by atoms with E-state index >= 15 is 0 Å². The molecular formula is C13H13NNa2O5. The molecular weight excluding hydrogens is 296 g/mol. The van der Waals surface area contributed by atoms with Gasteiger partial charge < -0.3 is 25.1 Å². The van der Waals surface area contributed by atoms with E-state index < -0.39 is 30.3 Å². The quantitative estimate of drug-likeness (QED) is 0.503. The Labute approximate surface area is 166 Å². The maximum absolute atomic E-state index is 11.6. The Bertz CT molecular complexity index is 467. The number of rotatable bonds is 7. The predicted octanol–water partition coefficient (Wildman–Crippen LogP) is -8.00. The molecule has 0 aliphatic carbocycles. The van der Waals surface area contributed by atoms with Crippen LogP contribution in [0.5, 0.6) is 0 Å². The van der Waals surface area contributed by atoms with Crippen LogP contribution in [0.1, 0.15) is 18.4 Å². The summed E-state index contributed by atoms with van der Waals surface area (Å²) in [5.74, 6) is -3.38. The Morgan fingerprint density at radius 1 is 1.05 bits per heavy atom. The van der Waals surface area contributed by atoms with Crippen molar-refractivity contribution in [3.05, 3.63) is 35.9 Å². The van der Waals surface area contributed by atoms with Crippen molar-refractivity contribution >= 4 is 17.8 Å². The molecule has 21 heavy (non-hydrogen) atoms. The minimum atomic E-state index is -1.51. The maximum Gasteiger partial charge on any atom is 1.00 e. The van der Waals surface area contributed by atoms with Gasteiger partial charge in [-0.25, -0.2) is 0 Å². The number of hydrogen-bond donors (Lipinski definition) is 1. The molecule has 1 N–H and O–H groups in total. The molecule has 1 aromatic carbocycles. The molecule has 0 saturated heterocycles. The zero-order valence-corrected chi connectivity index (χ0v) is 16.1. The summed E-state index contributed by atoms with van der Waals surface area (Å²) in [6, 6.07) is 7.45. The van der Waals surface area contributed by atoms with Crippen LogP contribution in [-0.4, -0.2) is 23.9 Å². The third-order valence-corrected chi connectivity index (χ3v) is 2.46. The van der Waals surface area contributed by atoms with Gasteiger partial charge in [0.15, 0.2) is 0 Å². The van der Waals surface area contributed by atoms with Crippen LogP contribution < -0.4 is 74.6 Å². The van der Waals surface area contributed by atoms with Crippen LogP contribution in [0, 0.1) is 0 Å². The van der Waals surface area contributed by atoms with E-state index in [1.165, 1.54) is 0 Å². The second-order valence-electron chi connectivity index (χ2n) is 4.01. The van der Waals surface area contributed by atoms with Crippen LogP contribution in [-0.2, 0) is 20.8 Å². The molecule has 0 fully saturated rings. The molecule has 0 heterocycles. The van der Waals surface area contributed by atoms with Gasteiger partial charge in [-0.1, -0.05) is 30.3 Å². The molecule has 1 rings (SSSR count). The van der Waals surface area contributed by atoms with E-state index in [1.807, 2.05) is 0 Å².